The van der Waals surface area contributed by atoms with Crippen LogP contribution in [0, 0.1) is 5.82 Å². The van der Waals surface area contributed by atoms with Crippen LogP contribution in [-0.2, 0) is 14.8 Å². The summed E-state index contributed by atoms with van der Waals surface area (Å²) in [6, 6.07) is 9.76. The molecule has 0 aromatic heterocycles. The van der Waals surface area contributed by atoms with E-state index in [0.717, 1.165) is 6.07 Å². The van der Waals surface area contributed by atoms with Gasteiger partial charge in [0.25, 0.3) is 0 Å². The van der Waals surface area contributed by atoms with Crippen LogP contribution in [0.25, 0.3) is 11.1 Å². The topological polar surface area (TPSA) is 86.5 Å². The summed E-state index contributed by atoms with van der Waals surface area (Å²) in [5, 5.41) is 5.02. The third-order valence-corrected chi connectivity index (χ3v) is 3.91. The van der Waals surface area contributed by atoms with Crippen LogP contribution in [0.4, 0.5) is 4.39 Å². The van der Waals surface area contributed by atoms with Gasteiger partial charge in [0.2, 0.25) is 10.0 Å². The summed E-state index contributed by atoms with van der Waals surface area (Å²) in [6.45, 7) is 1.77. The number of rotatable bonds is 4. The number of esters is 1. The van der Waals surface area contributed by atoms with Gasteiger partial charge >= 0.3 is 5.97 Å². The maximum Gasteiger partial charge on any atom is 0.341 e. The van der Waals surface area contributed by atoms with E-state index in [2.05, 4.69) is 0 Å². The Balaban J connectivity index is 2.41. The van der Waals surface area contributed by atoms with Gasteiger partial charge in [-0.2, -0.15) is 0 Å². The van der Waals surface area contributed by atoms with Gasteiger partial charge in [0.15, 0.2) is 0 Å². The fourth-order valence-electron chi connectivity index (χ4n) is 1.91. The monoisotopic (exact) mass is 323 g/mol. The number of sulfonamides is 1. The fourth-order valence-corrected chi connectivity index (χ4v) is 2.42. The van der Waals surface area contributed by atoms with Gasteiger partial charge in [-0.3, -0.25) is 0 Å². The third kappa shape index (κ3) is 3.49. The first-order valence-corrected chi connectivity index (χ1v) is 7.97. The zero-order valence-corrected chi connectivity index (χ0v) is 12.6. The van der Waals surface area contributed by atoms with Crippen molar-refractivity contribution >= 4 is 16.0 Å². The summed E-state index contributed by atoms with van der Waals surface area (Å²) < 4.78 is 40.9. The molecular weight excluding hydrogens is 309 g/mol. The molecule has 0 amide bonds. The maximum atomic E-state index is 13.7. The van der Waals surface area contributed by atoms with Crippen LogP contribution in [0.15, 0.2) is 47.4 Å². The Labute approximate surface area is 127 Å². The summed E-state index contributed by atoms with van der Waals surface area (Å²) in [4.78, 5) is 11.7. The molecule has 0 saturated heterocycles. The van der Waals surface area contributed by atoms with Gasteiger partial charge in [-0.15, -0.1) is 0 Å². The van der Waals surface area contributed by atoms with E-state index in [0.29, 0.717) is 11.1 Å². The van der Waals surface area contributed by atoms with Gasteiger partial charge in [0.05, 0.1) is 17.1 Å². The van der Waals surface area contributed by atoms with Gasteiger partial charge in [-0.25, -0.2) is 22.7 Å². The van der Waals surface area contributed by atoms with E-state index in [1.54, 1.807) is 6.92 Å². The lowest BCUT2D eigenvalue weighted by atomic mass is 10.0. The number of carbonyl (C=O) groups excluding carboxylic acids is 1. The molecule has 116 valence electrons. The lowest BCUT2D eigenvalue weighted by Gasteiger charge is -2.07. The quantitative estimate of drug-likeness (QED) is 0.875. The Kier molecular flexibility index (Phi) is 4.58. The molecule has 0 aliphatic rings. The number of hydrogen-bond donors (Lipinski definition) is 1. The molecule has 0 unspecified atom stereocenters. The average molecular weight is 323 g/mol. The molecule has 2 rings (SSSR count). The highest BCUT2D eigenvalue weighted by molar-refractivity contribution is 7.89. The molecule has 5 nitrogen and oxygen atoms in total. The minimum absolute atomic E-state index is 0.0241. The van der Waals surface area contributed by atoms with Crippen molar-refractivity contribution in [1.29, 1.82) is 0 Å². The number of hydrogen-bond acceptors (Lipinski definition) is 4. The zero-order chi connectivity index (χ0) is 16.3. The van der Waals surface area contributed by atoms with Crippen LogP contribution in [-0.4, -0.2) is 21.0 Å². The summed E-state index contributed by atoms with van der Waals surface area (Å²) in [5.74, 6) is -1.42. The van der Waals surface area contributed by atoms with Crippen molar-refractivity contribution in [1.82, 2.24) is 0 Å². The van der Waals surface area contributed by atoms with E-state index in [1.165, 1.54) is 36.4 Å². The van der Waals surface area contributed by atoms with Crippen molar-refractivity contribution in [2.24, 2.45) is 5.14 Å². The van der Waals surface area contributed by atoms with E-state index >= 15 is 0 Å². The molecule has 22 heavy (non-hydrogen) atoms. The molecule has 0 aliphatic carbocycles. The number of nitrogens with two attached hydrogens (primary N) is 1. The first kappa shape index (κ1) is 16.1. The Morgan fingerprint density at radius 2 is 1.73 bits per heavy atom. The van der Waals surface area contributed by atoms with E-state index in [9.17, 15) is 17.6 Å². The number of benzene rings is 2. The highest BCUT2D eigenvalue weighted by atomic mass is 32.2. The van der Waals surface area contributed by atoms with Gasteiger partial charge in [-0.1, -0.05) is 18.2 Å². The van der Waals surface area contributed by atoms with Crippen molar-refractivity contribution in [3.63, 3.8) is 0 Å². The Bertz CT molecular complexity index is 801. The van der Waals surface area contributed by atoms with Crippen molar-refractivity contribution in [2.75, 3.05) is 6.61 Å². The second-order valence-corrected chi connectivity index (χ2v) is 6.05. The molecule has 0 fully saturated rings. The number of primary sulfonamides is 1. The van der Waals surface area contributed by atoms with Crippen molar-refractivity contribution in [2.45, 2.75) is 11.8 Å². The zero-order valence-electron chi connectivity index (χ0n) is 11.7. The first-order valence-electron chi connectivity index (χ1n) is 6.43. The number of halogens is 1. The highest BCUT2D eigenvalue weighted by Gasteiger charge is 2.14. The van der Waals surface area contributed by atoms with E-state index in [-0.39, 0.29) is 17.1 Å². The average Bonchev–Trinajstić information content (AvgIpc) is 2.47. The Hall–Kier alpha value is -2.25. The molecule has 2 N–H and O–H groups in total. The molecule has 0 aliphatic heterocycles. The molecule has 2 aromatic rings. The van der Waals surface area contributed by atoms with E-state index in [4.69, 9.17) is 9.88 Å². The van der Waals surface area contributed by atoms with Crippen LogP contribution in [0.3, 0.4) is 0 Å². The second-order valence-electron chi connectivity index (χ2n) is 4.48. The predicted molar refractivity (Wildman–Crippen MR) is 79.2 cm³/mol. The molecule has 7 heteroatoms. The smallest absolute Gasteiger partial charge is 0.341 e. The minimum Gasteiger partial charge on any atom is -0.462 e. The van der Waals surface area contributed by atoms with Crippen molar-refractivity contribution in [3.05, 3.63) is 53.8 Å². The van der Waals surface area contributed by atoms with Crippen LogP contribution in [0.2, 0.25) is 0 Å². The van der Waals surface area contributed by atoms with Gasteiger partial charge in [0.1, 0.15) is 5.82 Å². The standard InChI is InChI=1S/C15H14FNO4S/c1-2-21-15(18)13-9-11(5-8-14(13)16)10-3-6-12(7-4-10)22(17,19)20/h3-9H,2H2,1H3,(H2,17,19,20). The summed E-state index contributed by atoms with van der Waals surface area (Å²) in [7, 11) is -3.77. The summed E-state index contributed by atoms with van der Waals surface area (Å²) in [6.07, 6.45) is 0. The lowest BCUT2D eigenvalue weighted by molar-refractivity contribution is 0.0521. The Morgan fingerprint density at radius 3 is 2.27 bits per heavy atom. The SMILES string of the molecule is CCOC(=O)c1cc(-c2ccc(S(N)(=O)=O)cc2)ccc1F. The van der Waals surface area contributed by atoms with Crippen LogP contribution in [0.1, 0.15) is 17.3 Å². The van der Waals surface area contributed by atoms with Gasteiger partial charge < -0.3 is 4.74 Å². The van der Waals surface area contributed by atoms with Crippen molar-refractivity contribution in [3.8, 4) is 11.1 Å². The van der Waals surface area contributed by atoms with Gasteiger partial charge in [0, 0.05) is 0 Å². The second kappa shape index (κ2) is 6.25. The van der Waals surface area contributed by atoms with Crippen molar-refractivity contribution < 1.29 is 22.3 Å². The largest absolute Gasteiger partial charge is 0.462 e. The molecule has 0 spiro atoms. The number of ether oxygens (including phenoxy) is 1. The number of carbonyl (C=O) groups is 1. The summed E-state index contributed by atoms with van der Waals surface area (Å²) >= 11 is 0. The molecule has 0 heterocycles. The molecule has 2 aromatic carbocycles. The third-order valence-electron chi connectivity index (χ3n) is 2.98. The van der Waals surface area contributed by atoms with E-state index < -0.39 is 21.8 Å². The molecule has 0 saturated carbocycles. The molecule has 0 radical (unpaired) electrons. The fraction of sp³-hybridized carbons (Fsp3) is 0.133. The molecular formula is C15H14FNO4S. The lowest BCUT2D eigenvalue weighted by Crippen LogP contribution is -2.11. The normalized spacial score (nSPS) is 11.2. The van der Waals surface area contributed by atoms with Crippen LogP contribution in [0.5, 0.6) is 0 Å². The Morgan fingerprint density at radius 1 is 1.14 bits per heavy atom. The maximum absolute atomic E-state index is 13.7. The molecule has 0 bridgehead atoms. The van der Waals surface area contributed by atoms with Crippen LogP contribution < -0.4 is 5.14 Å². The highest BCUT2D eigenvalue weighted by Crippen LogP contribution is 2.24. The van der Waals surface area contributed by atoms with Gasteiger partial charge in [-0.05, 0) is 42.3 Å². The van der Waals surface area contributed by atoms with Crippen LogP contribution >= 0.6 is 0 Å². The summed E-state index contributed by atoms with van der Waals surface area (Å²) in [5.41, 5.74) is 1.01. The predicted octanol–water partition coefficient (Wildman–Crippen LogP) is 2.32. The first-order chi connectivity index (χ1) is 10.3. The molecule has 0 atom stereocenters. The van der Waals surface area contributed by atoms with E-state index in [1.807, 2.05) is 0 Å². The minimum atomic E-state index is -3.77.